The molecule has 32 heavy (non-hydrogen) atoms. The van der Waals surface area contributed by atoms with Crippen molar-refractivity contribution in [3.05, 3.63) is 82.9 Å². The molecule has 2 amide bonds. The lowest BCUT2D eigenvalue weighted by Crippen LogP contribution is -2.15. The Hall–Kier alpha value is -2.81. The highest BCUT2D eigenvalue weighted by molar-refractivity contribution is 8.00. The SMILES string of the molecule is Cc1ccccc1SCC(=O)Nc1ccc(NC(=O)c2cccc(S(C)(=O)=O)c2)c(Cl)c1. The van der Waals surface area contributed by atoms with Gasteiger partial charge in [0.2, 0.25) is 5.91 Å². The van der Waals surface area contributed by atoms with E-state index in [1.165, 1.54) is 36.0 Å². The van der Waals surface area contributed by atoms with E-state index in [0.717, 1.165) is 16.7 Å². The molecule has 0 atom stereocenters. The van der Waals surface area contributed by atoms with E-state index in [9.17, 15) is 18.0 Å². The summed E-state index contributed by atoms with van der Waals surface area (Å²) >= 11 is 7.72. The van der Waals surface area contributed by atoms with Gasteiger partial charge in [-0.25, -0.2) is 8.42 Å². The lowest BCUT2D eigenvalue weighted by Gasteiger charge is -2.11. The van der Waals surface area contributed by atoms with Gasteiger partial charge in [-0.15, -0.1) is 11.8 Å². The Labute approximate surface area is 196 Å². The maximum Gasteiger partial charge on any atom is 0.255 e. The minimum Gasteiger partial charge on any atom is -0.325 e. The molecule has 0 saturated carbocycles. The smallest absolute Gasteiger partial charge is 0.255 e. The van der Waals surface area contributed by atoms with Crippen molar-refractivity contribution >= 4 is 56.4 Å². The number of anilines is 2. The maximum atomic E-state index is 12.5. The first-order chi connectivity index (χ1) is 15.1. The number of aryl methyl sites for hydroxylation is 1. The topological polar surface area (TPSA) is 92.3 Å². The minimum absolute atomic E-state index is 0.0536. The average molecular weight is 489 g/mol. The fourth-order valence-corrected chi connectivity index (χ4v) is 4.54. The summed E-state index contributed by atoms with van der Waals surface area (Å²) < 4.78 is 23.4. The van der Waals surface area contributed by atoms with Crippen molar-refractivity contribution in [3.8, 4) is 0 Å². The van der Waals surface area contributed by atoms with Crippen LogP contribution in [-0.4, -0.2) is 32.2 Å². The van der Waals surface area contributed by atoms with Crippen molar-refractivity contribution in [2.45, 2.75) is 16.7 Å². The third kappa shape index (κ3) is 6.35. The molecule has 0 heterocycles. The van der Waals surface area contributed by atoms with Crippen LogP contribution in [0.1, 0.15) is 15.9 Å². The molecule has 0 unspecified atom stereocenters. The van der Waals surface area contributed by atoms with Crippen molar-refractivity contribution in [2.75, 3.05) is 22.6 Å². The van der Waals surface area contributed by atoms with Crippen LogP contribution in [0.2, 0.25) is 5.02 Å². The van der Waals surface area contributed by atoms with Crippen molar-refractivity contribution < 1.29 is 18.0 Å². The van der Waals surface area contributed by atoms with Gasteiger partial charge in [0.25, 0.3) is 5.91 Å². The van der Waals surface area contributed by atoms with Crippen molar-refractivity contribution in [1.82, 2.24) is 0 Å². The predicted molar refractivity (Wildman–Crippen MR) is 129 cm³/mol. The van der Waals surface area contributed by atoms with E-state index in [1.54, 1.807) is 18.2 Å². The normalized spacial score (nSPS) is 11.1. The lowest BCUT2D eigenvalue weighted by atomic mass is 10.2. The molecule has 3 aromatic rings. The van der Waals surface area contributed by atoms with Gasteiger partial charge in [0.05, 0.1) is 21.4 Å². The molecule has 0 aromatic heterocycles. The summed E-state index contributed by atoms with van der Waals surface area (Å²) in [6, 6.07) is 18.3. The summed E-state index contributed by atoms with van der Waals surface area (Å²) in [5, 5.41) is 5.68. The summed E-state index contributed by atoms with van der Waals surface area (Å²) in [4.78, 5) is 25.9. The van der Waals surface area contributed by atoms with Gasteiger partial charge >= 0.3 is 0 Å². The van der Waals surface area contributed by atoms with Crippen LogP contribution in [0.15, 0.2) is 76.5 Å². The largest absolute Gasteiger partial charge is 0.325 e. The average Bonchev–Trinajstić information content (AvgIpc) is 2.74. The molecule has 0 aliphatic rings. The third-order valence-electron chi connectivity index (χ3n) is 4.48. The molecule has 0 saturated heterocycles. The number of hydrogen-bond acceptors (Lipinski definition) is 5. The third-order valence-corrected chi connectivity index (χ3v) is 7.08. The fraction of sp³-hybridized carbons (Fsp3) is 0.130. The van der Waals surface area contributed by atoms with Gasteiger partial charge in [-0.05, 0) is 55.0 Å². The Morgan fingerprint density at radius 3 is 2.41 bits per heavy atom. The van der Waals surface area contributed by atoms with Crippen molar-refractivity contribution in [1.29, 1.82) is 0 Å². The first-order valence-electron chi connectivity index (χ1n) is 9.53. The molecule has 0 aliphatic heterocycles. The monoisotopic (exact) mass is 488 g/mol. The summed E-state index contributed by atoms with van der Waals surface area (Å²) in [7, 11) is -3.43. The number of hydrogen-bond donors (Lipinski definition) is 2. The molecule has 0 radical (unpaired) electrons. The number of benzene rings is 3. The van der Waals surface area contributed by atoms with Crippen LogP contribution in [0.4, 0.5) is 11.4 Å². The molecular weight excluding hydrogens is 468 g/mol. The highest BCUT2D eigenvalue weighted by atomic mass is 35.5. The molecule has 0 fully saturated rings. The predicted octanol–water partition coefficient (Wildman–Crippen LogP) is 5.04. The van der Waals surface area contributed by atoms with Crippen molar-refractivity contribution in [2.24, 2.45) is 0 Å². The van der Waals surface area contributed by atoms with Crippen LogP contribution in [0.25, 0.3) is 0 Å². The number of carbonyl (C=O) groups excluding carboxylic acids is 2. The first-order valence-corrected chi connectivity index (χ1v) is 12.8. The number of sulfone groups is 1. The van der Waals surface area contributed by atoms with Gasteiger partial charge in [-0.3, -0.25) is 9.59 Å². The fourth-order valence-electron chi connectivity index (χ4n) is 2.82. The number of thioether (sulfide) groups is 1. The van der Waals surface area contributed by atoms with E-state index < -0.39 is 15.7 Å². The highest BCUT2D eigenvalue weighted by Gasteiger charge is 2.14. The van der Waals surface area contributed by atoms with Crippen LogP contribution < -0.4 is 10.6 Å². The molecule has 0 bridgehead atoms. The Morgan fingerprint density at radius 1 is 0.969 bits per heavy atom. The molecular formula is C23H21ClN2O4S2. The second-order valence-corrected chi connectivity index (χ2v) is 10.5. The molecule has 3 rings (SSSR count). The molecule has 6 nitrogen and oxygen atoms in total. The Morgan fingerprint density at radius 2 is 1.72 bits per heavy atom. The van der Waals surface area contributed by atoms with E-state index in [1.807, 2.05) is 31.2 Å². The summed E-state index contributed by atoms with van der Waals surface area (Å²) in [5.41, 5.74) is 2.14. The minimum atomic E-state index is -3.43. The zero-order chi connectivity index (χ0) is 23.3. The molecule has 0 aliphatic carbocycles. The highest BCUT2D eigenvalue weighted by Crippen LogP contribution is 2.27. The van der Waals surface area contributed by atoms with E-state index in [-0.39, 0.29) is 27.1 Å². The van der Waals surface area contributed by atoms with E-state index in [2.05, 4.69) is 10.6 Å². The zero-order valence-corrected chi connectivity index (χ0v) is 19.8. The number of rotatable bonds is 7. The Bertz CT molecular complexity index is 1280. The van der Waals surface area contributed by atoms with Crippen LogP contribution in [0.3, 0.4) is 0 Å². The number of amides is 2. The van der Waals surface area contributed by atoms with Gasteiger partial charge in [0, 0.05) is 22.4 Å². The Kier molecular flexibility index (Phi) is 7.60. The van der Waals surface area contributed by atoms with Gasteiger partial charge < -0.3 is 10.6 Å². The van der Waals surface area contributed by atoms with Crippen LogP contribution in [0, 0.1) is 6.92 Å². The molecule has 2 N–H and O–H groups in total. The number of carbonyl (C=O) groups is 2. The quantitative estimate of drug-likeness (QED) is 0.455. The summed E-state index contributed by atoms with van der Waals surface area (Å²) in [6.07, 6.45) is 1.08. The molecule has 3 aromatic carbocycles. The Balaban J connectivity index is 1.63. The van der Waals surface area contributed by atoms with Crippen molar-refractivity contribution in [3.63, 3.8) is 0 Å². The molecule has 0 spiro atoms. The summed E-state index contributed by atoms with van der Waals surface area (Å²) in [5.74, 6) is -0.426. The lowest BCUT2D eigenvalue weighted by molar-refractivity contribution is -0.113. The zero-order valence-electron chi connectivity index (χ0n) is 17.4. The van der Waals surface area contributed by atoms with Gasteiger partial charge in [0.15, 0.2) is 9.84 Å². The second-order valence-electron chi connectivity index (χ2n) is 7.05. The van der Waals surface area contributed by atoms with E-state index >= 15 is 0 Å². The molecule has 166 valence electrons. The van der Waals surface area contributed by atoms with E-state index in [0.29, 0.717) is 11.4 Å². The van der Waals surface area contributed by atoms with Crippen LogP contribution in [-0.2, 0) is 14.6 Å². The van der Waals surface area contributed by atoms with Crippen LogP contribution >= 0.6 is 23.4 Å². The van der Waals surface area contributed by atoms with Crippen LogP contribution in [0.5, 0.6) is 0 Å². The second kappa shape index (κ2) is 10.2. The van der Waals surface area contributed by atoms with E-state index in [4.69, 9.17) is 11.6 Å². The molecule has 9 heteroatoms. The first kappa shape index (κ1) is 23.8. The summed E-state index contributed by atoms with van der Waals surface area (Å²) in [6.45, 7) is 1.99. The van der Waals surface area contributed by atoms with Gasteiger partial charge in [-0.1, -0.05) is 35.9 Å². The maximum absolute atomic E-state index is 12.5. The number of nitrogens with one attached hydrogen (secondary N) is 2. The number of halogens is 1. The standard InChI is InChI=1S/C23H21ClN2O4S2/c1-15-6-3-4-9-21(15)31-14-22(27)25-17-10-11-20(19(24)13-17)26-23(28)16-7-5-8-18(12-16)32(2,29)30/h3-13H,14H2,1-2H3,(H,25,27)(H,26,28). The van der Waals surface area contributed by atoms with Gasteiger partial charge in [0.1, 0.15) is 0 Å². The van der Waals surface area contributed by atoms with Gasteiger partial charge in [-0.2, -0.15) is 0 Å².